The number of para-hydroxylation sites is 1. The molecule has 0 fully saturated rings. The Morgan fingerprint density at radius 1 is 1.22 bits per heavy atom. The molecule has 2 atom stereocenters. The van der Waals surface area contributed by atoms with Gasteiger partial charge in [-0.3, -0.25) is 9.80 Å². The Kier molecular flexibility index (Phi) is 5.09. The van der Waals surface area contributed by atoms with Crippen LogP contribution in [0.15, 0.2) is 50.4 Å². The second kappa shape index (κ2) is 7.37. The van der Waals surface area contributed by atoms with E-state index in [1.54, 1.807) is 7.11 Å². The average Bonchev–Trinajstić information content (AvgIpc) is 2.66. The van der Waals surface area contributed by atoms with Crippen LogP contribution in [0.5, 0.6) is 5.75 Å². The molecule has 0 spiro atoms. The van der Waals surface area contributed by atoms with E-state index in [2.05, 4.69) is 42.5 Å². The summed E-state index contributed by atoms with van der Waals surface area (Å²) in [5.41, 5.74) is 2.67. The molecule has 2 aliphatic rings. The smallest absolute Gasteiger partial charge is 0.255 e. The van der Waals surface area contributed by atoms with Crippen molar-refractivity contribution in [2.45, 2.75) is 12.2 Å². The van der Waals surface area contributed by atoms with Gasteiger partial charge in [0.25, 0.3) is 5.91 Å². The number of nitrogens with zero attached hydrogens (tertiary/aromatic N) is 2. The van der Waals surface area contributed by atoms with E-state index >= 15 is 0 Å². The fourth-order valence-electron chi connectivity index (χ4n) is 3.36. The molecule has 2 aromatic rings. The number of thioether (sulfide) groups is 1. The summed E-state index contributed by atoms with van der Waals surface area (Å²) in [6.45, 7) is 0. The lowest BCUT2D eigenvalue weighted by Crippen LogP contribution is -2.50. The summed E-state index contributed by atoms with van der Waals surface area (Å²) in [6.07, 6.45) is 1.51. The molecular formula is C18H16Br2N4O2S. The highest BCUT2D eigenvalue weighted by Gasteiger charge is 2.42. The fraction of sp³-hybridized carbons (Fsp3) is 0.222. The second-order valence-corrected chi connectivity index (χ2v) is 8.59. The van der Waals surface area contributed by atoms with Crippen LogP contribution in [-0.2, 0) is 4.79 Å². The number of amides is 1. The minimum Gasteiger partial charge on any atom is -0.495 e. The molecule has 4 rings (SSSR count). The van der Waals surface area contributed by atoms with Crippen LogP contribution in [0, 0.1) is 0 Å². The summed E-state index contributed by atoms with van der Waals surface area (Å²) in [5.74, 6) is 0.599. The Hall–Kier alpha value is -1.71. The molecule has 6 nitrogen and oxygen atoms in total. The van der Waals surface area contributed by atoms with E-state index in [4.69, 9.17) is 9.84 Å². The van der Waals surface area contributed by atoms with Gasteiger partial charge in [-0.1, -0.05) is 45.9 Å². The molecule has 9 heteroatoms. The zero-order valence-electron chi connectivity index (χ0n) is 14.5. The van der Waals surface area contributed by atoms with E-state index in [1.165, 1.54) is 11.8 Å². The van der Waals surface area contributed by atoms with Crippen LogP contribution in [-0.4, -0.2) is 29.4 Å². The summed E-state index contributed by atoms with van der Waals surface area (Å²) in [6, 6.07) is 11.2. The van der Waals surface area contributed by atoms with Crippen molar-refractivity contribution in [3.8, 4) is 5.75 Å². The molecule has 2 heterocycles. The van der Waals surface area contributed by atoms with Crippen LogP contribution in [0.3, 0.4) is 0 Å². The molecule has 0 bridgehead atoms. The number of fused-ring (bicyclic) bond motifs is 3. The first-order valence-corrected chi connectivity index (χ1v) is 10.9. The number of hydrogen-bond acceptors (Lipinski definition) is 6. The number of ether oxygens (including phenoxy) is 1. The van der Waals surface area contributed by atoms with Crippen molar-refractivity contribution in [1.29, 1.82) is 0 Å². The molecule has 2 N–H and O–H groups in total. The van der Waals surface area contributed by atoms with Gasteiger partial charge in [-0.2, -0.15) is 0 Å². The maximum atomic E-state index is 12.9. The second-order valence-electron chi connectivity index (χ2n) is 6.03. The molecule has 2 aromatic carbocycles. The minimum absolute atomic E-state index is 0.0960. The quantitative estimate of drug-likeness (QED) is 0.623. The van der Waals surface area contributed by atoms with Gasteiger partial charge in [0, 0.05) is 21.3 Å². The minimum atomic E-state index is -0.522. The highest BCUT2D eigenvalue weighted by atomic mass is 79.9. The Balaban J connectivity index is 1.92. The molecule has 0 unspecified atom stereocenters. The van der Waals surface area contributed by atoms with Gasteiger partial charge in [0.1, 0.15) is 11.9 Å². The number of halogens is 2. The van der Waals surface area contributed by atoms with Gasteiger partial charge >= 0.3 is 0 Å². The lowest BCUT2D eigenvalue weighted by molar-refractivity contribution is -0.127. The predicted octanol–water partition coefficient (Wildman–Crippen LogP) is 4.45. The highest BCUT2D eigenvalue weighted by molar-refractivity contribution is 9.11. The maximum Gasteiger partial charge on any atom is 0.255 e. The Labute approximate surface area is 178 Å². The summed E-state index contributed by atoms with van der Waals surface area (Å²) >= 11 is 8.51. The predicted molar refractivity (Wildman–Crippen MR) is 115 cm³/mol. The zero-order valence-corrected chi connectivity index (χ0v) is 18.5. The maximum absolute atomic E-state index is 12.9. The largest absolute Gasteiger partial charge is 0.495 e. The number of carbonyl (C=O) groups excluding carboxylic acids is 1. The third-order valence-electron chi connectivity index (χ3n) is 4.49. The molecule has 2 aliphatic heterocycles. The van der Waals surface area contributed by atoms with Crippen LogP contribution in [0.4, 0.5) is 5.69 Å². The summed E-state index contributed by atoms with van der Waals surface area (Å²) in [5, 5.41) is 13.5. The average molecular weight is 512 g/mol. The Morgan fingerprint density at radius 2 is 2.00 bits per heavy atom. The number of benzene rings is 2. The number of anilines is 1. The molecule has 27 heavy (non-hydrogen) atoms. The van der Waals surface area contributed by atoms with Gasteiger partial charge < -0.3 is 15.4 Å². The van der Waals surface area contributed by atoms with Gasteiger partial charge in [-0.15, -0.1) is 5.10 Å². The lowest BCUT2D eigenvalue weighted by atomic mass is 9.97. The van der Waals surface area contributed by atoms with Gasteiger partial charge in [0.05, 0.1) is 11.6 Å². The normalized spacial score (nSPS) is 20.8. The van der Waals surface area contributed by atoms with Crippen molar-refractivity contribution in [2.24, 2.45) is 5.10 Å². The number of methoxy groups -OCH3 is 1. The number of amidine groups is 1. The van der Waals surface area contributed by atoms with Gasteiger partial charge in [0.15, 0.2) is 11.2 Å². The summed E-state index contributed by atoms with van der Waals surface area (Å²) < 4.78 is 7.37. The van der Waals surface area contributed by atoms with Crippen molar-refractivity contribution < 1.29 is 9.53 Å². The SMILES string of the molecule is COc1c(Br)cc(Br)cc1[C@H]1Nc2ccccc2[C@@H]2C(=O)NC(SC)=NN12. The number of nitrogens with one attached hydrogen (secondary N) is 2. The first-order chi connectivity index (χ1) is 13.0. The molecule has 0 aliphatic carbocycles. The standard InChI is InChI=1S/C18H16Br2N4O2S/c1-26-15-11(7-9(19)8-12(15)20)16-21-13-6-4-3-5-10(13)14-17(25)22-18(27-2)23-24(14)16/h3-8,14,16,21H,1-2H3,(H,22,23,25)/t14-,16+/m1/s1. The number of hydrogen-bond donors (Lipinski definition) is 2. The molecule has 0 aromatic heterocycles. The van der Waals surface area contributed by atoms with E-state index < -0.39 is 6.04 Å². The Bertz CT molecular complexity index is 953. The molecule has 0 radical (unpaired) electrons. The number of rotatable bonds is 2. The van der Waals surface area contributed by atoms with Crippen molar-refractivity contribution in [3.05, 3.63) is 56.5 Å². The fourth-order valence-corrected chi connectivity index (χ4v) is 5.16. The Morgan fingerprint density at radius 3 is 2.74 bits per heavy atom. The third kappa shape index (κ3) is 3.21. The van der Waals surface area contributed by atoms with Crippen LogP contribution in [0.25, 0.3) is 0 Å². The van der Waals surface area contributed by atoms with E-state index in [0.717, 1.165) is 25.8 Å². The van der Waals surface area contributed by atoms with Crippen LogP contribution >= 0.6 is 43.6 Å². The number of carbonyl (C=O) groups is 1. The van der Waals surface area contributed by atoms with E-state index in [0.29, 0.717) is 10.9 Å². The monoisotopic (exact) mass is 510 g/mol. The van der Waals surface area contributed by atoms with Crippen LogP contribution < -0.4 is 15.4 Å². The lowest BCUT2D eigenvalue weighted by Gasteiger charge is -2.44. The van der Waals surface area contributed by atoms with Gasteiger partial charge in [0.2, 0.25) is 0 Å². The zero-order chi connectivity index (χ0) is 19.1. The number of hydrazone groups is 1. The van der Waals surface area contributed by atoms with Crippen molar-refractivity contribution in [1.82, 2.24) is 10.3 Å². The van der Waals surface area contributed by atoms with Gasteiger partial charge in [-0.25, -0.2) is 0 Å². The molecule has 0 saturated heterocycles. The first kappa shape index (κ1) is 18.6. The molecule has 0 saturated carbocycles. The van der Waals surface area contributed by atoms with Crippen LogP contribution in [0.1, 0.15) is 23.3 Å². The summed E-state index contributed by atoms with van der Waals surface area (Å²) in [7, 11) is 1.63. The first-order valence-electron chi connectivity index (χ1n) is 8.13. The molecule has 140 valence electrons. The van der Waals surface area contributed by atoms with Crippen molar-refractivity contribution in [2.75, 3.05) is 18.7 Å². The topological polar surface area (TPSA) is 66.0 Å². The summed E-state index contributed by atoms with van der Waals surface area (Å²) in [4.78, 5) is 12.9. The highest BCUT2D eigenvalue weighted by Crippen LogP contribution is 2.46. The van der Waals surface area contributed by atoms with Gasteiger partial charge in [-0.05, 0) is 40.4 Å². The van der Waals surface area contributed by atoms with E-state index in [-0.39, 0.29) is 12.1 Å². The molecular weight excluding hydrogens is 496 g/mol. The van der Waals surface area contributed by atoms with E-state index in [9.17, 15) is 4.79 Å². The molecule has 1 amide bonds. The van der Waals surface area contributed by atoms with Crippen molar-refractivity contribution in [3.63, 3.8) is 0 Å². The third-order valence-corrected chi connectivity index (χ3v) is 6.11. The van der Waals surface area contributed by atoms with E-state index in [1.807, 2.05) is 47.7 Å². The van der Waals surface area contributed by atoms with Crippen molar-refractivity contribution >= 4 is 60.4 Å². The van der Waals surface area contributed by atoms with Crippen LogP contribution in [0.2, 0.25) is 0 Å².